The zero-order valence-electron chi connectivity index (χ0n) is 18.0. The standard InChI is InChI=1S/C16H36O7P2.2Na/c1-5-9-11-15(7-3)13-21-25(20,23-24(17,18)19)22-14-16(8-4)12-10-6-2;;/h15-16H,5-14H2,1-4H3,(H2,17,18,19);;/q;2*+1/p-2. The zero-order valence-corrected chi connectivity index (χ0v) is 23.8. The van der Waals surface area contributed by atoms with Gasteiger partial charge in [0.25, 0.3) is 0 Å². The Hall–Kier alpha value is 2.26. The van der Waals surface area contributed by atoms with Crippen LogP contribution in [0.2, 0.25) is 0 Å². The number of hydrogen-bond donors (Lipinski definition) is 0. The first-order chi connectivity index (χ1) is 11.7. The second kappa shape index (κ2) is 19.0. The fourth-order valence-corrected chi connectivity index (χ4v) is 4.61. The number of rotatable bonds is 16. The molecule has 0 aromatic heterocycles. The molecule has 11 heteroatoms. The Bertz CT molecular complexity index is 411. The molecule has 0 N–H and O–H groups in total. The van der Waals surface area contributed by atoms with E-state index in [9.17, 15) is 18.9 Å². The number of phosphoric ester groups is 1. The van der Waals surface area contributed by atoms with Crippen LogP contribution in [0.4, 0.5) is 0 Å². The first kappa shape index (κ1) is 33.9. The predicted molar refractivity (Wildman–Crippen MR) is 94.8 cm³/mol. The molecule has 152 valence electrons. The van der Waals surface area contributed by atoms with Gasteiger partial charge in [0.1, 0.15) is 0 Å². The van der Waals surface area contributed by atoms with Crippen molar-refractivity contribution in [2.24, 2.45) is 11.8 Å². The molecule has 0 radical (unpaired) electrons. The molecule has 0 aliphatic carbocycles. The van der Waals surface area contributed by atoms with E-state index in [2.05, 4.69) is 18.2 Å². The van der Waals surface area contributed by atoms with Crippen molar-refractivity contribution in [1.82, 2.24) is 0 Å². The van der Waals surface area contributed by atoms with Gasteiger partial charge < -0.3 is 14.4 Å². The summed E-state index contributed by atoms with van der Waals surface area (Å²) in [5.74, 6) is 0.223. The zero-order chi connectivity index (χ0) is 19.3. The van der Waals surface area contributed by atoms with E-state index in [0.29, 0.717) is 0 Å². The average molecular weight is 446 g/mol. The minimum atomic E-state index is -5.48. The second-order valence-electron chi connectivity index (χ2n) is 6.40. The third-order valence-corrected chi connectivity index (χ3v) is 6.75. The molecular formula is C16H34Na2O7P2. The molecule has 0 aromatic rings. The number of phosphoric acid groups is 2. The smallest absolute Gasteiger partial charge is 0.789 e. The van der Waals surface area contributed by atoms with Crippen LogP contribution in [0.25, 0.3) is 0 Å². The number of hydrogen-bond acceptors (Lipinski definition) is 7. The van der Waals surface area contributed by atoms with E-state index < -0.39 is 15.6 Å². The molecule has 0 spiro atoms. The Kier molecular flexibility index (Phi) is 23.8. The fourth-order valence-electron chi connectivity index (χ4n) is 2.40. The van der Waals surface area contributed by atoms with E-state index in [1.807, 2.05) is 13.8 Å². The molecule has 0 saturated carbocycles. The summed E-state index contributed by atoms with van der Waals surface area (Å²) in [6, 6.07) is 0. The summed E-state index contributed by atoms with van der Waals surface area (Å²) in [5.41, 5.74) is 0. The van der Waals surface area contributed by atoms with Gasteiger partial charge in [-0.3, -0.25) is 13.4 Å². The fraction of sp³-hybridized carbons (Fsp3) is 1.00. The maximum atomic E-state index is 12.6. The molecule has 7 nitrogen and oxygen atoms in total. The van der Waals surface area contributed by atoms with Crippen LogP contribution in [0.15, 0.2) is 0 Å². The van der Waals surface area contributed by atoms with Gasteiger partial charge in [0.15, 0.2) is 0 Å². The quantitative estimate of drug-likeness (QED) is 0.208. The first-order valence-electron chi connectivity index (χ1n) is 9.32. The van der Waals surface area contributed by atoms with Gasteiger partial charge in [-0.1, -0.05) is 66.2 Å². The van der Waals surface area contributed by atoms with Crippen LogP contribution in [0.3, 0.4) is 0 Å². The minimum absolute atomic E-state index is 0. The van der Waals surface area contributed by atoms with Crippen molar-refractivity contribution >= 4 is 15.6 Å². The summed E-state index contributed by atoms with van der Waals surface area (Å²) in [7, 11) is -9.91. The molecule has 2 atom stereocenters. The Balaban J connectivity index is -0.00000288. The van der Waals surface area contributed by atoms with E-state index in [-0.39, 0.29) is 84.2 Å². The summed E-state index contributed by atoms with van der Waals surface area (Å²) in [6.07, 6.45) is 7.34. The van der Waals surface area contributed by atoms with Crippen LogP contribution >= 0.6 is 15.6 Å². The van der Waals surface area contributed by atoms with Crippen LogP contribution in [-0.2, 0) is 22.5 Å². The Morgan fingerprint density at radius 1 is 0.778 bits per heavy atom. The van der Waals surface area contributed by atoms with Crippen molar-refractivity contribution in [3.8, 4) is 0 Å². The van der Waals surface area contributed by atoms with E-state index in [0.717, 1.165) is 51.4 Å². The van der Waals surface area contributed by atoms with Crippen molar-refractivity contribution in [1.29, 1.82) is 0 Å². The molecular weight excluding hydrogens is 412 g/mol. The minimum Gasteiger partial charge on any atom is -0.789 e. The molecule has 0 rings (SSSR count). The normalized spacial score (nSPS) is 15.9. The third kappa shape index (κ3) is 18.7. The Morgan fingerprint density at radius 2 is 1.15 bits per heavy atom. The predicted octanol–water partition coefficient (Wildman–Crippen LogP) is -1.59. The number of unbranched alkanes of at least 4 members (excludes halogenated alkanes) is 2. The average Bonchev–Trinajstić information content (AvgIpc) is 2.53. The van der Waals surface area contributed by atoms with E-state index >= 15 is 0 Å². The van der Waals surface area contributed by atoms with E-state index in [4.69, 9.17) is 9.05 Å². The van der Waals surface area contributed by atoms with Gasteiger partial charge >= 0.3 is 66.9 Å². The molecule has 0 bridgehead atoms. The van der Waals surface area contributed by atoms with Crippen LogP contribution in [0, 0.1) is 11.8 Å². The second-order valence-corrected chi connectivity index (χ2v) is 9.36. The maximum absolute atomic E-state index is 12.6. The summed E-state index contributed by atoms with van der Waals surface area (Å²) in [5, 5.41) is 0. The summed E-state index contributed by atoms with van der Waals surface area (Å²) in [4.78, 5) is 21.9. The first-order valence-corrected chi connectivity index (χ1v) is 12.2. The van der Waals surface area contributed by atoms with E-state index in [1.54, 1.807) is 0 Å². The van der Waals surface area contributed by atoms with Gasteiger partial charge in [0, 0.05) is 0 Å². The van der Waals surface area contributed by atoms with Crippen molar-refractivity contribution in [2.75, 3.05) is 13.2 Å². The van der Waals surface area contributed by atoms with Gasteiger partial charge in [0.2, 0.25) is 0 Å². The topological polar surface area (TPSA) is 108 Å². The molecule has 0 fully saturated rings. The summed E-state index contributed by atoms with van der Waals surface area (Å²) in [6.45, 7) is 8.16. The largest absolute Gasteiger partial charge is 1.00 e. The van der Waals surface area contributed by atoms with Crippen molar-refractivity contribution < 1.29 is 91.4 Å². The SMILES string of the molecule is CCCCC(CC)COP(=O)(OCC(CC)CCCC)OP(=O)([O-])[O-].[Na+].[Na+]. The molecule has 0 saturated heterocycles. The van der Waals surface area contributed by atoms with Gasteiger partial charge in [-0.05, 0) is 24.7 Å². The van der Waals surface area contributed by atoms with Crippen LogP contribution in [-0.4, -0.2) is 13.2 Å². The van der Waals surface area contributed by atoms with E-state index in [1.165, 1.54) is 0 Å². The molecule has 0 aromatic carbocycles. The van der Waals surface area contributed by atoms with Gasteiger partial charge in [-0.15, -0.1) is 0 Å². The molecule has 0 amide bonds. The van der Waals surface area contributed by atoms with Gasteiger partial charge in [-0.2, -0.15) is 0 Å². The van der Waals surface area contributed by atoms with Crippen molar-refractivity contribution in [3.63, 3.8) is 0 Å². The monoisotopic (exact) mass is 446 g/mol. The maximum Gasteiger partial charge on any atom is 1.00 e. The Morgan fingerprint density at radius 3 is 1.41 bits per heavy atom. The summed E-state index contributed by atoms with van der Waals surface area (Å²) < 4.78 is 38.1. The molecule has 2 unspecified atom stereocenters. The molecule has 0 aliphatic heterocycles. The van der Waals surface area contributed by atoms with Crippen molar-refractivity contribution in [2.45, 2.75) is 79.1 Å². The molecule has 0 aliphatic rings. The third-order valence-electron chi connectivity index (χ3n) is 4.22. The van der Waals surface area contributed by atoms with Crippen LogP contribution in [0.1, 0.15) is 79.1 Å². The van der Waals surface area contributed by atoms with Gasteiger partial charge in [-0.25, -0.2) is 4.57 Å². The summed E-state index contributed by atoms with van der Waals surface area (Å²) >= 11 is 0. The molecule has 0 heterocycles. The van der Waals surface area contributed by atoms with Crippen molar-refractivity contribution in [3.05, 3.63) is 0 Å². The Labute approximate surface area is 209 Å². The van der Waals surface area contributed by atoms with Crippen LogP contribution < -0.4 is 68.9 Å². The van der Waals surface area contributed by atoms with Gasteiger partial charge in [0.05, 0.1) is 21.0 Å². The molecule has 27 heavy (non-hydrogen) atoms. The van der Waals surface area contributed by atoms with Crippen LogP contribution in [0.5, 0.6) is 0 Å².